The Morgan fingerprint density at radius 1 is 0.667 bits per heavy atom. The van der Waals surface area contributed by atoms with Crippen LogP contribution in [0.2, 0.25) is 37.3 Å². The van der Waals surface area contributed by atoms with Crippen LogP contribution >= 0.6 is 0 Å². The summed E-state index contributed by atoms with van der Waals surface area (Å²) in [5.41, 5.74) is 0. The van der Waals surface area contributed by atoms with Crippen molar-refractivity contribution in [2.75, 3.05) is 0 Å². The molecule has 0 amide bonds. The van der Waals surface area contributed by atoms with Crippen molar-refractivity contribution in [3.05, 3.63) is 0 Å². The Morgan fingerprint density at radius 3 is 1.08 bits per heavy atom. The summed E-state index contributed by atoms with van der Waals surface area (Å²) < 4.78 is 0. The number of hydrogen-bond acceptors (Lipinski definition) is 0. The van der Waals surface area contributed by atoms with Crippen LogP contribution < -0.4 is 0 Å². The van der Waals surface area contributed by atoms with Crippen LogP contribution in [-0.2, 0) is 0 Å². The van der Waals surface area contributed by atoms with Gasteiger partial charge in [0, 0.05) is 15.2 Å². The molecule has 0 aliphatic rings. The van der Waals surface area contributed by atoms with Crippen LogP contribution in [0, 0.1) is 0 Å². The second kappa shape index (κ2) is 4.61. The first-order chi connectivity index (χ1) is 5.49. The van der Waals surface area contributed by atoms with Crippen molar-refractivity contribution in [1.82, 2.24) is 0 Å². The minimum Gasteiger partial charge on any atom is -0.0713 e. The zero-order valence-corrected chi connectivity index (χ0v) is 11.8. The van der Waals surface area contributed by atoms with E-state index in [0.29, 0.717) is 0 Å². The van der Waals surface area contributed by atoms with Gasteiger partial charge in [-0.3, -0.25) is 0 Å². The van der Waals surface area contributed by atoms with Gasteiger partial charge in [-0.1, -0.05) is 65.0 Å². The van der Waals surface area contributed by atoms with Gasteiger partial charge in [0.2, 0.25) is 0 Å². The summed E-state index contributed by atoms with van der Waals surface area (Å²) in [6.07, 6.45) is 0. The monoisotopic (exact) mass is 202 g/mol. The molecule has 0 heterocycles. The van der Waals surface area contributed by atoms with Crippen LogP contribution in [0.15, 0.2) is 0 Å². The third-order valence-electron chi connectivity index (χ3n) is 4.35. The smallest absolute Gasteiger partial charge is 0.0465 e. The summed E-state index contributed by atoms with van der Waals surface area (Å²) in [5.74, 6) is 0. The van der Waals surface area contributed by atoms with Crippen LogP contribution in [0.1, 0.15) is 27.7 Å². The average molecular weight is 202 g/mol. The third kappa shape index (κ3) is 2.02. The van der Waals surface area contributed by atoms with Gasteiger partial charge in [-0.25, -0.2) is 0 Å². The van der Waals surface area contributed by atoms with Crippen molar-refractivity contribution in [3.63, 3.8) is 0 Å². The highest BCUT2D eigenvalue weighted by molar-refractivity contribution is 7.41. The minimum absolute atomic E-state index is 0.806. The van der Waals surface area contributed by atoms with Gasteiger partial charge in [0.05, 0.1) is 0 Å². The first-order valence-electron chi connectivity index (χ1n) is 5.49. The molecule has 12 heavy (non-hydrogen) atoms. The second-order valence-electron chi connectivity index (χ2n) is 4.58. The molecule has 0 N–H and O–H groups in total. The fourth-order valence-electron chi connectivity index (χ4n) is 2.56. The quantitative estimate of drug-likeness (QED) is 0.583. The Kier molecular flexibility index (Phi) is 4.78. The zero-order chi connectivity index (χ0) is 9.83. The molecule has 0 rings (SSSR count). The highest BCUT2D eigenvalue weighted by Crippen LogP contribution is 2.33. The molecule has 0 unspecified atom stereocenters. The van der Waals surface area contributed by atoms with E-state index in [2.05, 4.69) is 40.8 Å². The maximum atomic E-state index is 2.62. The van der Waals surface area contributed by atoms with Gasteiger partial charge in [-0.2, -0.15) is 0 Å². The van der Waals surface area contributed by atoms with Gasteiger partial charge in [0.1, 0.15) is 0 Å². The predicted octanol–water partition coefficient (Wildman–Crippen LogP) is 4.30. The van der Waals surface area contributed by atoms with Crippen LogP contribution in [0.3, 0.4) is 0 Å². The highest BCUT2D eigenvalue weighted by atomic mass is 29.3. The lowest BCUT2D eigenvalue weighted by molar-refractivity contribution is 1.19. The predicted molar refractivity (Wildman–Crippen MR) is 65.2 cm³/mol. The fourth-order valence-corrected chi connectivity index (χ4v) is 18.5. The molecule has 0 aromatic rings. The van der Waals surface area contributed by atoms with Gasteiger partial charge in [-0.05, 0) is 0 Å². The molecule has 0 atom stereocenters. The molecule has 0 radical (unpaired) electrons. The molecule has 0 aliphatic heterocycles. The number of rotatable bonds is 5. The first-order valence-corrected chi connectivity index (χ1v) is 12.3. The molecule has 0 nitrogen and oxygen atoms in total. The van der Waals surface area contributed by atoms with E-state index >= 15 is 0 Å². The molecule has 0 aliphatic carbocycles. The van der Waals surface area contributed by atoms with E-state index in [4.69, 9.17) is 0 Å². The summed E-state index contributed by atoms with van der Waals surface area (Å²) in [6, 6.07) is 6.06. The van der Waals surface area contributed by atoms with Gasteiger partial charge >= 0.3 is 0 Å². The summed E-state index contributed by atoms with van der Waals surface area (Å²) in [7, 11) is -1.62. The first kappa shape index (κ1) is 12.4. The van der Waals surface area contributed by atoms with E-state index in [9.17, 15) is 0 Å². The van der Waals surface area contributed by atoms with Gasteiger partial charge < -0.3 is 0 Å². The fraction of sp³-hybridized carbons (Fsp3) is 1.00. The number of hydrogen-bond donors (Lipinski definition) is 0. The second-order valence-corrected chi connectivity index (χ2v) is 21.0. The zero-order valence-electron chi connectivity index (χ0n) is 9.83. The maximum Gasteiger partial charge on any atom is 0.0465 e. The topological polar surface area (TPSA) is 0 Å². The van der Waals surface area contributed by atoms with Crippen LogP contribution in [0.25, 0.3) is 0 Å². The summed E-state index contributed by atoms with van der Waals surface area (Å²) in [5, 5.41) is 0. The molecule has 0 saturated heterocycles. The van der Waals surface area contributed by atoms with Crippen molar-refractivity contribution >= 4 is 15.2 Å². The standard InChI is InChI=1S/C10H26Si2/c1-7-11(5,6)12(8-2,9-3)10-4/h7-10H2,1-6H3. The largest absolute Gasteiger partial charge is 0.0713 e. The Labute approximate surface area is 80.6 Å². The van der Waals surface area contributed by atoms with Gasteiger partial charge in [0.25, 0.3) is 0 Å². The van der Waals surface area contributed by atoms with Crippen LogP contribution in [0.4, 0.5) is 0 Å². The van der Waals surface area contributed by atoms with E-state index in [1.807, 2.05) is 0 Å². The summed E-state index contributed by atoms with van der Waals surface area (Å²) in [4.78, 5) is 0. The van der Waals surface area contributed by atoms with E-state index in [1.165, 1.54) is 24.2 Å². The molecule has 74 valence electrons. The molecule has 2 heteroatoms. The van der Waals surface area contributed by atoms with Crippen molar-refractivity contribution < 1.29 is 0 Å². The van der Waals surface area contributed by atoms with Crippen molar-refractivity contribution in [1.29, 1.82) is 0 Å². The SMILES string of the molecule is CC[Si](C)(C)[Si](CC)(CC)CC. The lowest BCUT2D eigenvalue weighted by Gasteiger charge is -2.42. The minimum atomic E-state index is -0.818. The third-order valence-corrected chi connectivity index (χ3v) is 25.9. The average Bonchev–Trinajstić information content (AvgIpc) is 2.08. The maximum absolute atomic E-state index is 2.62. The summed E-state index contributed by atoms with van der Waals surface area (Å²) >= 11 is 0. The van der Waals surface area contributed by atoms with Crippen LogP contribution in [0.5, 0.6) is 0 Å². The van der Waals surface area contributed by atoms with Crippen molar-refractivity contribution in [2.45, 2.75) is 65.0 Å². The molecular weight excluding hydrogens is 176 g/mol. The molecule has 0 fully saturated rings. The lowest BCUT2D eigenvalue weighted by Crippen LogP contribution is -2.57. The van der Waals surface area contributed by atoms with Gasteiger partial charge in [-0.15, -0.1) is 0 Å². The van der Waals surface area contributed by atoms with E-state index in [-0.39, 0.29) is 0 Å². The molecular formula is C10H26Si2. The Bertz CT molecular complexity index is 118. The molecule has 0 saturated carbocycles. The molecule has 0 spiro atoms. The van der Waals surface area contributed by atoms with E-state index < -0.39 is 15.2 Å². The van der Waals surface area contributed by atoms with Crippen molar-refractivity contribution in [3.8, 4) is 0 Å². The highest BCUT2D eigenvalue weighted by Gasteiger charge is 2.42. The van der Waals surface area contributed by atoms with Gasteiger partial charge in [0.15, 0.2) is 0 Å². The van der Waals surface area contributed by atoms with Crippen molar-refractivity contribution in [2.24, 2.45) is 0 Å². The lowest BCUT2D eigenvalue weighted by atomic mass is 10.9. The normalized spacial score (nSPS) is 13.5. The Morgan fingerprint density at radius 2 is 1.00 bits per heavy atom. The Balaban J connectivity index is 4.69. The molecule has 0 bridgehead atoms. The molecule has 0 aromatic carbocycles. The molecule has 0 aromatic heterocycles. The van der Waals surface area contributed by atoms with Crippen LogP contribution in [-0.4, -0.2) is 15.2 Å². The van der Waals surface area contributed by atoms with E-state index in [1.54, 1.807) is 0 Å². The van der Waals surface area contributed by atoms with E-state index in [0.717, 1.165) is 0 Å². The Hall–Kier alpha value is 0.434. The summed E-state index contributed by atoms with van der Waals surface area (Å²) in [6.45, 7) is 15.0.